The van der Waals surface area contributed by atoms with E-state index in [2.05, 4.69) is 20.8 Å². The first-order valence-corrected chi connectivity index (χ1v) is 11.1. The smallest absolute Gasteiger partial charge is 0.254 e. The predicted octanol–water partition coefficient (Wildman–Crippen LogP) is 4.36. The third kappa shape index (κ3) is 5.87. The Hall–Kier alpha value is -2.78. The maximum Gasteiger partial charge on any atom is 0.254 e. The van der Waals surface area contributed by atoms with Crippen molar-refractivity contribution in [1.82, 2.24) is 15.5 Å². The van der Waals surface area contributed by atoms with E-state index in [1.807, 2.05) is 30.3 Å². The Labute approximate surface area is 182 Å². The van der Waals surface area contributed by atoms with Crippen molar-refractivity contribution in [2.75, 3.05) is 5.32 Å². The molecular formula is C21H21FN4O2S2. The Morgan fingerprint density at radius 3 is 2.47 bits per heavy atom. The first-order chi connectivity index (χ1) is 14.4. The van der Waals surface area contributed by atoms with Gasteiger partial charge in [0.2, 0.25) is 11.0 Å². The summed E-state index contributed by atoms with van der Waals surface area (Å²) in [6.07, 6.45) is 0. The molecule has 0 fully saturated rings. The maximum atomic E-state index is 13.9. The number of carbonyl (C=O) groups is 2. The fourth-order valence-corrected chi connectivity index (χ4v) is 4.33. The summed E-state index contributed by atoms with van der Waals surface area (Å²) in [5.41, 5.74) is 1.06. The molecule has 1 unspecified atom stereocenters. The number of nitrogens with zero attached hydrogens (tertiary/aromatic N) is 2. The third-order valence-corrected chi connectivity index (χ3v) is 6.24. The van der Waals surface area contributed by atoms with E-state index in [9.17, 15) is 14.0 Å². The van der Waals surface area contributed by atoms with E-state index in [1.165, 1.54) is 46.9 Å². The van der Waals surface area contributed by atoms with Gasteiger partial charge in [-0.25, -0.2) is 4.39 Å². The van der Waals surface area contributed by atoms with Crippen molar-refractivity contribution in [1.29, 1.82) is 0 Å². The van der Waals surface area contributed by atoms with Gasteiger partial charge in [-0.1, -0.05) is 79.4 Å². The van der Waals surface area contributed by atoms with Crippen LogP contribution < -0.4 is 10.6 Å². The van der Waals surface area contributed by atoms with Gasteiger partial charge in [0.05, 0.1) is 5.56 Å². The molecule has 0 aliphatic carbocycles. The summed E-state index contributed by atoms with van der Waals surface area (Å²) < 4.78 is 14.6. The van der Waals surface area contributed by atoms with E-state index >= 15 is 0 Å². The summed E-state index contributed by atoms with van der Waals surface area (Å²) in [6, 6.07) is 14.8. The van der Waals surface area contributed by atoms with Gasteiger partial charge in [-0.15, -0.1) is 10.2 Å². The van der Waals surface area contributed by atoms with Gasteiger partial charge in [0.25, 0.3) is 5.91 Å². The molecule has 2 aromatic carbocycles. The Morgan fingerprint density at radius 2 is 1.77 bits per heavy atom. The average molecular weight is 445 g/mol. The van der Waals surface area contributed by atoms with Gasteiger partial charge in [0.1, 0.15) is 11.9 Å². The average Bonchev–Trinajstić information content (AvgIpc) is 3.18. The van der Waals surface area contributed by atoms with Crippen LogP contribution in [0.15, 0.2) is 58.9 Å². The Balaban J connectivity index is 1.60. The molecule has 1 atom stereocenters. The topological polar surface area (TPSA) is 84.0 Å². The Morgan fingerprint density at radius 1 is 1.07 bits per heavy atom. The van der Waals surface area contributed by atoms with Crippen LogP contribution in [0.2, 0.25) is 0 Å². The van der Waals surface area contributed by atoms with Crippen LogP contribution in [0.3, 0.4) is 0 Å². The van der Waals surface area contributed by atoms with Gasteiger partial charge in [-0.05, 0) is 23.6 Å². The zero-order valence-electron chi connectivity index (χ0n) is 16.5. The molecule has 0 bridgehead atoms. The van der Waals surface area contributed by atoms with Gasteiger partial charge >= 0.3 is 0 Å². The fraction of sp³-hybridized carbons (Fsp3) is 0.238. The summed E-state index contributed by atoms with van der Waals surface area (Å²) in [5.74, 6) is -1.16. The molecule has 3 rings (SSSR count). The highest BCUT2D eigenvalue weighted by Gasteiger charge is 2.26. The van der Waals surface area contributed by atoms with Crippen molar-refractivity contribution in [2.24, 2.45) is 5.92 Å². The molecule has 0 aliphatic heterocycles. The first-order valence-electron chi connectivity index (χ1n) is 9.30. The molecule has 3 aromatic rings. The number of anilines is 1. The van der Waals surface area contributed by atoms with Crippen LogP contribution in [0, 0.1) is 11.7 Å². The number of benzene rings is 2. The number of carbonyl (C=O) groups excluding carboxylic acids is 2. The molecule has 2 N–H and O–H groups in total. The second-order valence-electron chi connectivity index (χ2n) is 6.81. The van der Waals surface area contributed by atoms with Crippen LogP contribution in [-0.4, -0.2) is 28.1 Å². The van der Waals surface area contributed by atoms with Gasteiger partial charge < -0.3 is 5.32 Å². The number of halogens is 1. The van der Waals surface area contributed by atoms with Crippen molar-refractivity contribution >= 4 is 40.0 Å². The van der Waals surface area contributed by atoms with E-state index in [0.717, 1.165) is 10.1 Å². The van der Waals surface area contributed by atoms with Gasteiger partial charge in [0, 0.05) is 5.75 Å². The Bertz CT molecular complexity index is 1010. The number of hydrogen-bond acceptors (Lipinski definition) is 6. The summed E-state index contributed by atoms with van der Waals surface area (Å²) in [5, 5.41) is 13.7. The van der Waals surface area contributed by atoms with Crippen molar-refractivity contribution in [2.45, 2.75) is 30.0 Å². The standard InChI is InChI=1S/C21H21FN4O2S2/c1-13(2)17(23-18(27)15-10-6-7-11-16(15)22)19(28)24-20-25-26-21(30-20)29-12-14-8-4-3-5-9-14/h3-11,13,17H,12H2,1-2H3,(H,23,27)(H,24,25,28). The summed E-state index contributed by atoms with van der Waals surface area (Å²) in [6.45, 7) is 3.60. The maximum absolute atomic E-state index is 13.9. The molecule has 9 heteroatoms. The zero-order valence-corrected chi connectivity index (χ0v) is 18.1. The second-order valence-corrected chi connectivity index (χ2v) is 9.01. The highest BCUT2D eigenvalue weighted by molar-refractivity contribution is 8.00. The number of nitrogens with one attached hydrogen (secondary N) is 2. The summed E-state index contributed by atoms with van der Waals surface area (Å²) >= 11 is 2.79. The minimum Gasteiger partial charge on any atom is -0.340 e. The quantitative estimate of drug-likeness (QED) is 0.398. The van der Waals surface area contributed by atoms with Crippen molar-refractivity contribution < 1.29 is 14.0 Å². The van der Waals surface area contributed by atoms with Crippen LogP contribution in [0.1, 0.15) is 29.8 Å². The van der Waals surface area contributed by atoms with Crippen LogP contribution >= 0.6 is 23.1 Å². The number of rotatable bonds is 8. The lowest BCUT2D eigenvalue weighted by molar-refractivity contribution is -0.118. The monoisotopic (exact) mass is 444 g/mol. The third-order valence-electron chi connectivity index (χ3n) is 4.20. The minimum absolute atomic E-state index is 0.105. The van der Waals surface area contributed by atoms with Crippen molar-refractivity contribution in [3.8, 4) is 0 Å². The van der Waals surface area contributed by atoms with Crippen molar-refractivity contribution in [3.05, 3.63) is 71.5 Å². The van der Waals surface area contributed by atoms with Gasteiger partial charge in [0.15, 0.2) is 4.34 Å². The highest BCUT2D eigenvalue weighted by Crippen LogP contribution is 2.28. The molecule has 0 saturated heterocycles. The molecule has 0 radical (unpaired) electrons. The summed E-state index contributed by atoms with van der Waals surface area (Å²) in [4.78, 5) is 25.1. The number of aromatic nitrogens is 2. The number of amides is 2. The van der Waals surface area contributed by atoms with Crippen molar-refractivity contribution in [3.63, 3.8) is 0 Å². The molecule has 0 saturated carbocycles. The molecule has 2 amide bonds. The molecule has 1 aromatic heterocycles. The lowest BCUT2D eigenvalue weighted by atomic mass is 10.0. The molecule has 0 spiro atoms. The van der Waals surface area contributed by atoms with E-state index in [1.54, 1.807) is 19.9 Å². The van der Waals surface area contributed by atoms with E-state index in [-0.39, 0.29) is 11.5 Å². The van der Waals surface area contributed by atoms with Crippen LogP contribution in [0.5, 0.6) is 0 Å². The van der Waals surface area contributed by atoms with Crippen LogP contribution in [0.25, 0.3) is 0 Å². The molecule has 156 valence electrons. The van der Waals surface area contributed by atoms with Gasteiger partial charge in [-0.2, -0.15) is 0 Å². The first kappa shape index (κ1) is 21.9. The lowest BCUT2D eigenvalue weighted by Crippen LogP contribution is -2.47. The largest absolute Gasteiger partial charge is 0.340 e. The molecule has 30 heavy (non-hydrogen) atoms. The van der Waals surface area contributed by atoms with Gasteiger partial charge in [-0.3, -0.25) is 14.9 Å². The predicted molar refractivity (Wildman–Crippen MR) is 117 cm³/mol. The molecule has 6 nitrogen and oxygen atoms in total. The molecule has 1 heterocycles. The Kier molecular flexibility index (Phi) is 7.53. The number of hydrogen-bond donors (Lipinski definition) is 2. The van der Waals surface area contributed by atoms with E-state index in [0.29, 0.717) is 5.13 Å². The normalized spacial score (nSPS) is 11.9. The van der Waals surface area contributed by atoms with Crippen LogP contribution in [-0.2, 0) is 10.5 Å². The SMILES string of the molecule is CC(C)C(NC(=O)c1ccccc1F)C(=O)Nc1nnc(SCc2ccccc2)s1. The number of thioether (sulfide) groups is 1. The van der Waals surface area contributed by atoms with E-state index < -0.39 is 23.7 Å². The second kappa shape index (κ2) is 10.3. The minimum atomic E-state index is -0.846. The summed E-state index contributed by atoms with van der Waals surface area (Å²) in [7, 11) is 0. The zero-order chi connectivity index (χ0) is 21.5. The molecular weight excluding hydrogens is 423 g/mol. The molecule has 0 aliphatic rings. The van der Waals surface area contributed by atoms with E-state index in [4.69, 9.17) is 0 Å². The highest BCUT2D eigenvalue weighted by atomic mass is 32.2. The van der Waals surface area contributed by atoms with Crippen LogP contribution in [0.4, 0.5) is 9.52 Å². The fourth-order valence-electron chi connectivity index (χ4n) is 2.62. The lowest BCUT2D eigenvalue weighted by Gasteiger charge is -2.21.